The number of nitrogens with one attached hydrogen (secondary N) is 1. The van der Waals surface area contributed by atoms with Crippen molar-refractivity contribution in [3.05, 3.63) is 29.8 Å². The van der Waals surface area contributed by atoms with Crippen LogP contribution in [0.5, 0.6) is 5.75 Å². The maximum absolute atomic E-state index is 12.7. The Labute approximate surface area is 108 Å². The summed E-state index contributed by atoms with van der Waals surface area (Å²) < 4.78 is 18.6. The molecular formula is C15H20FNO. The van der Waals surface area contributed by atoms with Gasteiger partial charge in [-0.05, 0) is 49.8 Å². The smallest absolute Gasteiger partial charge is 0.122 e. The number of aryl methyl sites for hydroxylation is 1. The molecule has 18 heavy (non-hydrogen) atoms. The Bertz CT molecular complexity index is 376. The Morgan fingerprint density at radius 3 is 2.94 bits per heavy atom. The lowest BCUT2D eigenvalue weighted by Gasteiger charge is -2.31. The van der Waals surface area contributed by atoms with E-state index in [0.717, 1.165) is 44.6 Å². The molecule has 3 heteroatoms. The van der Waals surface area contributed by atoms with E-state index in [4.69, 9.17) is 4.74 Å². The fraction of sp³-hybridized carbons (Fsp3) is 0.600. The topological polar surface area (TPSA) is 21.3 Å². The molecule has 1 saturated carbocycles. The number of fused-ring (bicyclic) bond motifs is 1. The number of alkyl halides is 1. The van der Waals surface area contributed by atoms with Crippen molar-refractivity contribution in [2.75, 3.05) is 13.2 Å². The molecule has 2 nitrogen and oxygen atoms in total. The van der Waals surface area contributed by atoms with Crippen molar-refractivity contribution in [3.63, 3.8) is 0 Å². The van der Waals surface area contributed by atoms with Gasteiger partial charge >= 0.3 is 0 Å². The molecule has 1 fully saturated rings. The maximum Gasteiger partial charge on any atom is 0.122 e. The highest BCUT2D eigenvalue weighted by Gasteiger charge is 2.29. The number of hydrogen-bond donors (Lipinski definition) is 1. The Balaban J connectivity index is 1.49. The van der Waals surface area contributed by atoms with Crippen molar-refractivity contribution in [2.45, 2.75) is 37.9 Å². The normalized spacial score (nSPS) is 30.8. The van der Waals surface area contributed by atoms with Gasteiger partial charge < -0.3 is 10.1 Å². The van der Waals surface area contributed by atoms with Crippen molar-refractivity contribution in [1.29, 1.82) is 0 Å². The third-order valence-corrected chi connectivity index (χ3v) is 4.05. The minimum Gasteiger partial charge on any atom is -0.492 e. The van der Waals surface area contributed by atoms with Crippen LogP contribution in [0.25, 0.3) is 0 Å². The summed E-state index contributed by atoms with van der Waals surface area (Å²) in [6.07, 6.45) is 3.08. The lowest BCUT2D eigenvalue weighted by atomic mass is 9.83. The zero-order valence-electron chi connectivity index (χ0n) is 10.6. The molecule has 1 N–H and O–H groups in total. The fourth-order valence-corrected chi connectivity index (χ4v) is 2.77. The van der Waals surface area contributed by atoms with Crippen molar-refractivity contribution < 1.29 is 9.13 Å². The first-order valence-corrected chi connectivity index (χ1v) is 6.89. The van der Waals surface area contributed by atoms with Gasteiger partial charge in [0.25, 0.3) is 0 Å². The zero-order valence-corrected chi connectivity index (χ0v) is 10.6. The Morgan fingerprint density at radius 2 is 2.11 bits per heavy atom. The van der Waals surface area contributed by atoms with Gasteiger partial charge in [-0.25, -0.2) is 4.39 Å². The van der Waals surface area contributed by atoms with Gasteiger partial charge in [0.05, 0.1) is 0 Å². The molecule has 1 heterocycles. The third kappa shape index (κ3) is 2.66. The first-order valence-electron chi connectivity index (χ1n) is 6.89. The van der Waals surface area contributed by atoms with Gasteiger partial charge in [-0.2, -0.15) is 0 Å². The van der Waals surface area contributed by atoms with Crippen molar-refractivity contribution in [2.24, 2.45) is 5.92 Å². The van der Waals surface area contributed by atoms with Crippen molar-refractivity contribution >= 4 is 0 Å². The summed E-state index contributed by atoms with van der Waals surface area (Å²) in [5, 5.41) is 3.53. The number of para-hydroxylation sites is 1. The average Bonchev–Trinajstić information content (AvgIpc) is 2.56. The summed E-state index contributed by atoms with van der Waals surface area (Å²) in [4.78, 5) is 0. The molecule has 0 radical (unpaired) electrons. The summed E-state index contributed by atoms with van der Waals surface area (Å²) in [7, 11) is 0. The van der Waals surface area contributed by atoms with Crippen LogP contribution in [0.3, 0.4) is 0 Å². The molecule has 1 aromatic carbocycles. The summed E-state index contributed by atoms with van der Waals surface area (Å²) in [6, 6.07) is 8.65. The lowest BCUT2D eigenvalue weighted by molar-refractivity contribution is 0.124. The minimum atomic E-state index is -0.550. The van der Waals surface area contributed by atoms with Gasteiger partial charge in [-0.1, -0.05) is 18.2 Å². The molecule has 1 unspecified atom stereocenters. The molecule has 0 aromatic heterocycles. The van der Waals surface area contributed by atoms with Crippen molar-refractivity contribution in [3.8, 4) is 5.75 Å². The summed E-state index contributed by atoms with van der Waals surface area (Å²) >= 11 is 0. The molecular weight excluding hydrogens is 229 g/mol. The number of halogens is 1. The number of ether oxygens (including phenoxy) is 1. The zero-order chi connectivity index (χ0) is 12.4. The van der Waals surface area contributed by atoms with Crippen LogP contribution >= 0.6 is 0 Å². The van der Waals surface area contributed by atoms with Crippen LogP contribution < -0.4 is 10.1 Å². The van der Waals surface area contributed by atoms with Gasteiger partial charge in [0.2, 0.25) is 0 Å². The first kappa shape index (κ1) is 12.0. The summed E-state index contributed by atoms with van der Waals surface area (Å²) in [5.74, 6) is 1.56. The molecule has 2 aliphatic rings. The second-order valence-corrected chi connectivity index (χ2v) is 5.50. The Kier molecular flexibility index (Phi) is 3.50. The summed E-state index contributed by atoms with van der Waals surface area (Å²) in [5.41, 5.74) is 1.30. The Hall–Kier alpha value is -1.09. The van der Waals surface area contributed by atoms with E-state index < -0.39 is 6.17 Å². The van der Waals surface area contributed by atoms with E-state index in [-0.39, 0.29) is 0 Å². The van der Waals surface area contributed by atoms with Gasteiger partial charge in [0.15, 0.2) is 0 Å². The van der Waals surface area contributed by atoms with E-state index in [1.165, 1.54) is 5.56 Å². The monoisotopic (exact) mass is 249 g/mol. The third-order valence-electron chi connectivity index (χ3n) is 4.05. The SMILES string of the molecule is FC1CC(CNC2CCc3ccccc3OC2)C1. The molecule has 0 bridgehead atoms. The number of rotatable bonds is 3. The van der Waals surface area contributed by atoms with Gasteiger partial charge in [-0.15, -0.1) is 0 Å². The summed E-state index contributed by atoms with van der Waals surface area (Å²) in [6.45, 7) is 1.66. The molecule has 3 rings (SSSR count). The van der Waals surface area contributed by atoms with Crippen molar-refractivity contribution in [1.82, 2.24) is 5.32 Å². The van der Waals surface area contributed by atoms with E-state index in [2.05, 4.69) is 17.4 Å². The first-order chi connectivity index (χ1) is 8.81. The molecule has 1 aromatic rings. The van der Waals surface area contributed by atoms with Crippen LogP contribution in [-0.2, 0) is 6.42 Å². The van der Waals surface area contributed by atoms with Crippen LogP contribution in [0.1, 0.15) is 24.8 Å². The van der Waals surface area contributed by atoms with E-state index in [9.17, 15) is 4.39 Å². The lowest BCUT2D eigenvalue weighted by Crippen LogP contribution is -2.41. The fourth-order valence-electron chi connectivity index (χ4n) is 2.77. The molecule has 1 aliphatic carbocycles. The number of benzene rings is 1. The Morgan fingerprint density at radius 1 is 1.28 bits per heavy atom. The second-order valence-electron chi connectivity index (χ2n) is 5.50. The molecule has 0 saturated heterocycles. The number of hydrogen-bond acceptors (Lipinski definition) is 2. The highest BCUT2D eigenvalue weighted by molar-refractivity contribution is 5.34. The van der Waals surface area contributed by atoms with Gasteiger partial charge in [0, 0.05) is 6.04 Å². The van der Waals surface area contributed by atoms with Crippen LogP contribution in [-0.4, -0.2) is 25.4 Å². The largest absolute Gasteiger partial charge is 0.492 e. The maximum atomic E-state index is 12.7. The second kappa shape index (κ2) is 5.27. The molecule has 1 aliphatic heterocycles. The highest BCUT2D eigenvalue weighted by atomic mass is 19.1. The average molecular weight is 249 g/mol. The predicted molar refractivity (Wildman–Crippen MR) is 69.7 cm³/mol. The van der Waals surface area contributed by atoms with E-state index in [0.29, 0.717) is 12.0 Å². The van der Waals surface area contributed by atoms with E-state index in [1.54, 1.807) is 0 Å². The van der Waals surface area contributed by atoms with Crippen LogP contribution in [0, 0.1) is 5.92 Å². The molecule has 0 spiro atoms. The standard InChI is InChI=1S/C15H20FNO/c16-13-7-11(8-13)9-17-14-6-5-12-3-1-2-4-15(12)18-10-14/h1-4,11,13-14,17H,5-10H2. The van der Waals surface area contributed by atoms with Gasteiger partial charge in [0.1, 0.15) is 18.5 Å². The van der Waals surface area contributed by atoms with E-state index in [1.807, 2.05) is 12.1 Å². The quantitative estimate of drug-likeness (QED) is 0.889. The molecule has 1 atom stereocenters. The molecule has 0 amide bonds. The minimum absolute atomic E-state index is 0.399. The van der Waals surface area contributed by atoms with Crippen LogP contribution in [0.15, 0.2) is 24.3 Å². The van der Waals surface area contributed by atoms with Gasteiger partial charge in [-0.3, -0.25) is 0 Å². The predicted octanol–water partition coefficient (Wildman–Crippen LogP) is 2.72. The van der Waals surface area contributed by atoms with E-state index >= 15 is 0 Å². The van der Waals surface area contributed by atoms with Crippen LogP contribution in [0.4, 0.5) is 4.39 Å². The molecule has 98 valence electrons. The highest BCUT2D eigenvalue weighted by Crippen LogP contribution is 2.29. The van der Waals surface area contributed by atoms with Crippen LogP contribution in [0.2, 0.25) is 0 Å².